The van der Waals surface area contributed by atoms with E-state index in [0.29, 0.717) is 12.5 Å². The molecule has 0 bridgehead atoms. The molecule has 0 unspecified atom stereocenters. The van der Waals surface area contributed by atoms with Gasteiger partial charge in [-0.15, -0.1) is 0 Å². The van der Waals surface area contributed by atoms with E-state index >= 15 is 0 Å². The van der Waals surface area contributed by atoms with Crippen molar-refractivity contribution in [2.24, 2.45) is 0 Å². The quantitative estimate of drug-likeness (QED) is 0.779. The van der Waals surface area contributed by atoms with Crippen LogP contribution < -0.4 is 0 Å². The molecule has 2 aliphatic rings. The molecule has 0 saturated heterocycles. The van der Waals surface area contributed by atoms with E-state index in [4.69, 9.17) is 0 Å². The third-order valence-corrected chi connectivity index (χ3v) is 5.31. The van der Waals surface area contributed by atoms with Gasteiger partial charge in [-0.1, -0.05) is 25.1 Å². The van der Waals surface area contributed by atoms with Gasteiger partial charge in [0.2, 0.25) is 0 Å². The molecule has 2 atom stereocenters. The standard InChI is InChI=1S/C18H23NO/c1-5-18-7-6-15(20)10-17(18)19(4)11-14-8-12(2)13(3)9-16(14)18/h6-9,17H,5,10-11H2,1-4H3/t17-,18+/m0/s1. The molecule has 0 fully saturated rings. The number of aryl methyl sites for hydroxylation is 2. The van der Waals surface area contributed by atoms with Gasteiger partial charge in [0.05, 0.1) is 0 Å². The second kappa shape index (κ2) is 4.56. The molecule has 1 aromatic carbocycles. The lowest BCUT2D eigenvalue weighted by Gasteiger charge is -2.50. The van der Waals surface area contributed by atoms with Gasteiger partial charge >= 0.3 is 0 Å². The second-order valence-electron chi connectivity index (χ2n) is 6.42. The molecule has 1 aromatic rings. The monoisotopic (exact) mass is 269 g/mol. The smallest absolute Gasteiger partial charge is 0.157 e. The summed E-state index contributed by atoms with van der Waals surface area (Å²) in [6, 6.07) is 4.99. The third kappa shape index (κ3) is 1.78. The number of carbonyl (C=O) groups is 1. The number of ketones is 1. The van der Waals surface area contributed by atoms with Crippen molar-refractivity contribution in [2.75, 3.05) is 7.05 Å². The average Bonchev–Trinajstić information content (AvgIpc) is 2.42. The third-order valence-electron chi connectivity index (χ3n) is 5.31. The summed E-state index contributed by atoms with van der Waals surface area (Å²) >= 11 is 0. The van der Waals surface area contributed by atoms with Crippen LogP contribution in [0.4, 0.5) is 0 Å². The number of hydrogen-bond acceptors (Lipinski definition) is 2. The molecule has 1 heterocycles. The minimum atomic E-state index is 0.00863. The van der Waals surface area contributed by atoms with Crippen LogP contribution >= 0.6 is 0 Å². The molecule has 0 saturated carbocycles. The Morgan fingerprint density at radius 1 is 1.30 bits per heavy atom. The maximum absolute atomic E-state index is 11.8. The van der Waals surface area contributed by atoms with Gasteiger partial charge in [0.1, 0.15) is 0 Å². The Balaban J connectivity index is 2.25. The van der Waals surface area contributed by atoms with Gasteiger partial charge in [-0.05, 0) is 55.6 Å². The zero-order valence-corrected chi connectivity index (χ0v) is 12.9. The lowest BCUT2D eigenvalue weighted by Crippen LogP contribution is -2.54. The number of fused-ring (bicyclic) bond motifs is 3. The van der Waals surface area contributed by atoms with Crippen LogP contribution in [0, 0.1) is 13.8 Å². The highest BCUT2D eigenvalue weighted by Crippen LogP contribution is 2.45. The van der Waals surface area contributed by atoms with Crippen LogP contribution in [0.3, 0.4) is 0 Å². The molecule has 3 rings (SSSR count). The Hall–Kier alpha value is -1.41. The summed E-state index contributed by atoms with van der Waals surface area (Å²) in [5.74, 6) is 0.262. The number of nitrogens with zero attached hydrogens (tertiary/aromatic N) is 1. The summed E-state index contributed by atoms with van der Waals surface area (Å²) in [5, 5.41) is 0. The molecular weight excluding hydrogens is 246 g/mol. The summed E-state index contributed by atoms with van der Waals surface area (Å²) in [6.07, 6.45) is 5.67. The van der Waals surface area contributed by atoms with Crippen molar-refractivity contribution in [3.8, 4) is 0 Å². The number of allylic oxidation sites excluding steroid dienone is 1. The van der Waals surface area contributed by atoms with Crippen molar-refractivity contribution in [3.63, 3.8) is 0 Å². The van der Waals surface area contributed by atoms with Gasteiger partial charge in [-0.2, -0.15) is 0 Å². The predicted molar refractivity (Wildman–Crippen MR) is 81.9 cm³/mol. The fourth-order valence-corrected chi connectivity index (χ4v) is 3.97. The van der Waals surface area contributed by atoms with Crippen molar-refractivity contribution in [1.29, 1.82) is 0 Å². The number of rotatable bonds is 1. The normalized spacial score (nSPS) is 29.2. The van der Waals surface area contributed by atoms with Crippen LogP contribution in [0.1, 0.15) is 42.0 Å². The summed E-state index contributed by atoms with van der Waals surface area (Å²) in [6.45, 7) is 7.56. The van der Waals surface area contributed by atoms with Gasteiger partial charge in [0, 0.05) is 24.4 Å². The largest absolute Gasteiger partial charge is 0.297 e. The maximum Gasteiger partial charge on any atom is 0.157 e. The zero-order valence-electron chi connectivity index (χ0n) is 12.9. The Morgan fingerprint density at radius 3 is 2.70 bits per heavy atom. The van der Waals surface area contributed by atoms with E-state index in [2.05, 4.69) is 50.9 Å². The Labute approximate surface area is 121 Å². The lowest BCUT2D eigenvalue weighted by atomic mass is 9.63. The first-order valence-corrected chi connectivity index (χ1v) is 7.51. The Kier molecular flexibility index (Phi) is 3.09. The molecule has 2 nitrogen and oxygen atoms in total. The van der Waals surface area contributed by atoms with Gasteiger partial charge in [0.15, 0.2) is 5.78 Å². The first-order valence-electron chi connectivity index (χ1n) is 7.51. The molecule has 0 amide bonds. The van der Waals surface area contributed by atoms with Crippen LogP contribution in [0.2, 0.25) is 0 Å². The van der Waals surface area contributed by atoms with E-state index in [1.807, 2.05) is 0 Å². The first-order chi connectivity index (χ1) is 9.48. The molecule has 0 aromatic heterocycles. The highest BCUT2D eigenvalue weighted by Gasteiger charge is 2.46. The zero-order chi connectivity index (χ0) is 14.5. The molecule has 2 heteroatoms. The van der Waals surface area contributed by atoms with Crippen molar-refractivity contribution >= 4 is 5.78 Å². The highest BCUT2D eigenvalue weighted by atomic mass is 16.1. The van der Waals surface area contributed by atoms with Crippen LogP contribution in [-0.2, 0) is 16.8 Å². The van der Waals surface area contributed by atoms with Crippen molar-refractivity contribution in [3.05, 3.63) is 46.5 Å². The van der Waals surface area contributed by atoms with Crippen molar-refractivity contribution in [1.82, 2.24) is 4.90 Å². The lowest BCUT2D eigenvalue weighted by molar-refractivity contribution is -0.117. The minimum Gasteiger partial charge on any atom is -0.297 e. The molecule has 0 radical (unpaired) electrons. The van der Waals surface area contributed by atoms with Gasteiger partial charge in [-0.3, -0.25) is 9.69 Å². The molecule has 1 aliphatic carbocycles. The van der Waals surface area contributed by atoms with E-state index < -0.39 is 0 Å². The van der Waals surface area contributed by atoms with Gasteiger partial charge in [-0.25, -0.2) is 0 Å². The summed E-state index contributed by atoms with van der Waals surface area (Å²) in [5.41, 5.74) is 5.58. The number of hydrogen-bond donors (Lipinski definition) is 0. The minimum absolute atomic E-state index is 0.00863. The SMILES string of the molecule is CC[C@]12C=CC(=O)C[C@@H]1N(C)Cc1cc(C)c(C)cc12. The van der Waals surface area contributed by atoms with Crippen LogP contribution in [0.25, 0.3) is 0 Å². The summed E-state index contributed by atoms with van der Waals surface area (Å²) < 4.78 is 0. The summed E-state index contributed by atoms with van der Waals surface area (Å²) in [4.78, 5) is 14.2. The second-order valence-corrected chi connectivity index (χ2v) is 6.42. The molecule has 1 aliphatic heterocycles. The number of likely N-dealkylation sites (N-methyl/N-ethyl adjacent to an activating group) is 1. The fraction of sp³-hybridized carbons (Fsp3) is 0.500. The van der Waals surface area contributed by atoms with Crippen molar-refractivity contribution in [2.45, 2.75) is 51.6 Å². The first kappa shape index (κ1) is 13.6. The molecule has 0 N–H and O–H groups in total. The fourth-order valence-electron chi connectivity index (χ4n) is 3.97. The molecular formula is C18H23NO. The molecule has 106 valence electrons. The van der Waals surface area contributed by atoms with Crippen LogP contribution in [0.15, 0.2) is 24.3 Å². The molecule has 0 spiro atoms. The predicted octanol–water partition coefficient (Wildman–Crippen LogP) is 3.29. The van der Waals surface area contributed by atoms with E-state index in [1.54, 1.807) is 6.08 Å². The maximum atomic E-state index is 11.8. The molecule has 20 heavy (non-hydrogen) atoms. The van der Waals surface area contributed by atoms with E-state index in [0.717, 1.165) is 13.0 Å². The number of benzene rings is 1. The average molecular weight is 269 g/mol. The van der Waals surface area contributed by atoms with E-state index in [-0.39, 0.29) is 11.2 Å². The van der Waals surface area contributed by atoms with Crippen LogP contribution in [-0.4, -0.2) is 23.8 Å². The van der Waals surface area contributed by atoms with Gasteiger partial charge < -0.3 is 0 Å². The topological polar surface area (TPSA) is 20.3 Å². The van der Waals surface area contributed by atoms with E-state index in [1.165, 1.54) is 22.3 Å². The van der Waals surface area contributed by atoms with Crippen molar-refractivity contribution < 1.29 is 4.79 Å². The summed E-state index contributed by atoms with van der Waals surface area (Å²) in [7, 11) is 2.15. The Bertz CT molecular complexity index is 602. The Morgan fingerprint density at radius 2 is 2.00 bits per heavy atom. The van der Waals surface area contributed by atoms with E-state index in [9.17, 15) is 4.79 Å². The van der Waals surface area contributed by atoms with Crippen LogP contribution in [0.5, 0.6) is 0 Å². The highest BCUT2D eigenvalue weighted by molar-refractivity contribution is 5.92. The van der Waals surface area contributed by atoms with Gasteiger partial charge in [0.25, 0.3) is 0 Å². The number of carbonyl (C=O) groups excluding carboxylic acids is 1.